The highest BCUT2D eigenvalue weighted by Gasteiger charge is 2.18. The number of nitrogens with zero attached hydrogens (tertiary/aromatic N) is 1. The summed E-state index contributed by atoms with van der Waals surface area (Å²) in [5.74, 6) is 0. The largest absolute Gasteiger partial charge is 0.326 e. The standard InChI is InChI=1S/C18H25N3/c1-3-9-16(10-4-1)15-19-18(21-13-7-8-14-21)20-17-11-5-2-6-12-17/h1,3-4,7-10,13-14,17-20H,2,5-6,11-12,15H2. The number of aromatic nitrogens is 1. The van der Waals surface area contributed by atoms with Gasteiger partial charge in [0.2, 0.25) is 0 Å². The van der Waals surface area contributed by atoms with Gasteiger partial charge >= 0.3 is 0 Å². The van der Waals surface area contributed by atoms with Gasteiger partial charge in [-0.1, -0.05) is 49.6 Å². The van der Waals surface area contributed by atoms with Gasteiger partial charge in [0.1, 0.15) is 6.29 Å². The van der Waals surface area contributed by atoms with Gasteiger partial charge in [0.25, 0.3) is 0 Å². The van der Waals surface area contributed by atoms with Crippen LogP contribution in [0.4, 0.5) is 0 Å². The van der Waals surface area contributed by atoms with E-state index >= 15 is 0 Å². The molecule has 0 aliphatic heterocycles. The van der Waals surface area contributed by atoms with Gasteiger partial charge in [-0.25, -0.2) is 0 Å². The van der Waals surface area contributed by atoms with Crippen molar-refractivity contribution in [3.63, 3.8) is 0 Å². The van der Waals surface area contributed by atoms with E-state index in [0.29, 0.717) is 6.04 Å². The SMILES string of the molecule is c1ccc(CNC(NC2CCCCC2)n2cccc2)cc1. The topological polar surface area (TPSA) is 29.0 Å². The van der Waals surface area contributed by atoms with Gasteiger partial charge in [0.05, 0.1) is 0 Å². The molecular weight excluding hydrogens is 258 g/mol. The van der Waals surface area contributed by atoms with Crippen molar-refractivity contribution in [3.05, 3.63) is 60.4 Å². The van der Waals surface area contributed by atoms with Crippen LogP contribution in [0.2, 0.25) is 0 Å². The summed E-state index contributed by atoms with van der Waals surface area (Å²) in [4.78, 5) is 0. The molecule has 0 radical (unpaired) electrons. The van der Waals surface area contributed by atoms with Crippen LogP contribution >= 0.6 is 0 Å². The first kappa shape index (κ1) is 14.4. The van der Waals surface area contributed by atoms with E-state index in [0.717, 1.165) is 6.54 Å². The van der Waals surface area contributed by atoms with Crippen LogP contribution in [-0.2, 0) is 6.54 Å². The van der Waals surface area contributed by atoms with E-state index in [4.69, 9.17) is 0 Å². The van der Waals surface area contributed by atoms with Crippen molar-refractivity contribution in [2.24, 2.45) is 0 Å². The van der Waals surface area contributed by atoms with E-state index in [-0.39, 0.29) is 6.29 Å². The van der Waals surface area contributed by atoms with Crippen molar-refractivity contribution < 1.29 is 0 Å². The van der Waals surface area contributed by atoms with Gasteiger partial charge in [-0.3, -0.25) is 10.6 Å². The van der Waals surface area contributed by atoms with E-state index in [1.807, 2.05) is 0 Å². The Balaban J connectivity index is 1.62. The summed E-state index contributed by atoms with van der Waals surface area (Å²) in [5, 5.41) is 7.42. The molecule has 0 saturated heterocycles. The first-order valence-electron chi connectivity index (χ1n) is 8.07. The summed E-state index contributed by atoms with van der Waals surface area (Å²) in [6.07, 6.45) is 11.1. The molecule has 2 aromatic rings. The summed E-state index contributed by atoms with van der Waals surface area (Å²) in [6.45, 7) is 0.878. The Labute approximate surface area is 127 Å². The molecule has 21 heavy (non-hydrogen) atoms. The highest BCUT2D eigenvalue weighted by molar-refractivity contribution is 5.14. The highest BCUT2D eigenvalue weighted by Crippen LogP contribution is 2.19. The Morgan fingerprint density at radius 3 is 2.38 bits per heavy atom. The van der Waals surface area contributed by atoms with Crippen LogP contribution in [0.15, 0.2) is 54.9 Å². The van der Waals surface area contributed by atoms with Crippen molar-refractivity contribution in [1.29, 1.82) is 0 Å². The van der Waals surface area contributed by atoms with Gasteiger partial charge in [-0.15, -0.1) is 0 Å². The molecule has 0 bridgehead atoms. The van der Waals surface area contributed by atoms with Crippen LogP contribution in [0.3, 0.4) is 0 Å². The molecule has 1 heterocycles. The number of hydrogen-bond donors (Lipinski definition) is 2. The second-order valence-corrected chi connectivity index (χ2v) is 5.90. The lowest BCUT2D eigenvalue weighted by Gasteiger charge is -2.30. The lowest BCUT2D eigenvalue weighted by Crippen LogP contribution is -2.44. The third kappa shape index (κ3) is 4.19. The quantitative estimate of drug-likeness (QED) is 0.792. The first-order valence-corrected chi connectivity index (χ1v) is 8.07. The van der Waals surface area contributed by atoms with Gasteiger partial charge in [0, 0.05) is 25.0 Å². The summed E-state index contributed by atoms with van der Waals surface area (Å²) < 4.78 is 2.22. The van der Waals surface area contributed by atoms with Crippen molar-refractivity contribution >= 4 is 0 Å². The Kier molecular flexibility index (Phi) is 5.08. The molecular formula is C18H25N3. The van der Waals surface area contributed by atoms with Crippen LogP contribution in [0.25, 0.3) is 0 Å². The number of hydrogen-bond acceptors (Lipinski definition) is 2. The lowest BCUT2D eigenvalue weighted by molar-refractivity contribution is 0.253. The fourth-order valence-electron chi connectivity index (χ4n) is 3.07. The van der Waals surface area contributed by atoms with Crippen molar-refractivity contribution in [1.82, 2.24) is 15.2 Å². The molecule has 0 spiro atoms. The molecule has 1 atom stereocenters. The molecule has 1 aromatic heterocycles. The Morgan fingerprint density at radius 2 is 1.67 bits per heavy atom. The summed E-state index contributed by atoms with van der Waals surface area (Å²) in [6, 6.07) is 15.4. The molecule has 3 rings (SSSR count). The molecule has 1 aliphatic rings. The molecule has 0 amide bonds. The minimum atomic E-state index is 0.170. The fourth-order valence-corrected chi connectivity index (χ4v) is 3.07. The fraction of sp³-hybridized carbons (Fsp3) is 0.444. The number of rotatable bonds is 6. The predicted octanol–water partition coefficient (Wildman–Crippen LogP) is 3.66. The lowest BCUT2D eigenvalue weighted by atomic mass is 9.95. The summed E-state index contributed by atoms with van der Waals surface area (Å²) in [7, 11) is 0. The van der Waals surface area contributed by atoms with E-state index in [1.165, 1.54) is 37.7 Å². The zero-order valence-electron chi connectivity index (χ0n) is 12.5. The van der Waals surface area contributed by atoms with Crippen molar-refractivity contribution in [3.8, 4) is 0 Å². The molecule has 1 aromatic carbocycles. The van der Waals surface area contributed by atoms with Crippen LogP contribution in [0.1, 0.15) is 44.0 Å². The zero-order chi connectivity index (χ0) is 14.3. The Bertz CT molecular complexity index is 501. The Morgan fingerprint density at radius 1 is 0.952 bits per heavy atom. The van der Waals surface area contributed by atoms with Crippen LogP contribution in [0, 0.1) is 0 Å². The molecule has 1 fully saturated rings. The first-order chi connectivity index (χ1) is 10.4. The second kappa shape index (κ2) is 7.43. The van der Waals surface area contributed by atoms with Crippen molar-refractivity contribution in [2.75, 3.05) is 0 Å². The monoisotopic (exact) mass is 283 g/mol. The second-order valence-electron chi connectivity index (χ2n) is 5.90. The minimum absolute atomic E-state index is 0.170. The third-order valence-electron chi connectivity index (χ3n) is 4.27. The van der Waals surface area contributed by atoms with Gasteiger partial charge < -0.3 is 4.57 Å². The number of nitrogens with one attached hydrogen (secondary N) is 2. The zero-order valence-corrected chi connectivity index (χ0v) is 12.5. The van der Waals surface area contributed by atoms with Crippen molar-refractivity contribution in [2.45, 2.75) is 51.0 Å². The average molecular weight is 283 g/mol. The van der Waals surface area contributed by atoms with Gasteiger partial charge in [-0.05, 0) is 30.5 Å². The molecule has 2 N–H and O–H groups in total. The maximum absolute atomic E-state index is 3.78. The molecule has 112 valence electrons. The van der Waals surface area contributed by atoms with Crippen LogP contribution < -0.4 is 10.6 Å². The normalized spacial score (nSPS) is 17.7. The molecule has 3 nitrogen and oxygen atoms in total. The average Bonchev–Trinajstić information content (AvgIpc) is 3.08. The van der Waals surface area contributed by atoms with Gasteiger partial charge in [0.15, 0.2) is 0 Å². The van der Waals surface area contributed by atoms with E-state index in [1.54, 1.807) is 0 Å². The van der Waals surface area contributed by atoms with E-state index in [2.05, 4.69) is 70.1 Å². The molecule has 1 saturated carbocycles. The maximum Gasteiger partial charge on any atom is 0.138 e. The number of benzene rings is 1. The highest BCUT2D eigenvalue weighted by atomic mass is 15.3. The summed E-state index contributed by atoms with van der Waals surface area (Å²) >= 11 is 0. The Hall–Kier alpha value is -1.58. The predicted molar refractivity (Wildman–Crippen MR) is 86.8 cm³/mol. The summed E-state index contributed by atoms with van der Waals surface area (Å²) in [5.41, 5.74) is 1.32. The van der Waals surface area contributed by atoms with Gasteiger partial charge in [-0.2, -0.15) is 0 Å². The van der Waals surface area contributed by atoms with E-state index < -0.39 is 0 Å². The van der Waals surface area contributed by atoms with Crippen LogP contribution in [0.5, 0.6) is 0 Å². The van der Waals surface area contributed by atoms with E-state index in [9.17, 15) is 0 Å². The molecule has 1 unspecified atom stereocenters. The minimum Gasteiger partial charge on any atom is -0.326 e. The van der Waals surface area contributed by atoms with Crippen LogP contribution in [-0.4, -0.2) is 10.6 Å². The third-order valence-corrected chi connectivity index (χ3v) is 4.27. The smallest absolute Gasteiger partial charge is 0.138 e. The maximum atomic E-state index is 3.78. The molecule has 1 aliphatic carbocycles. The molecule has 3 heteroatoms.